The van der Waals surface area contributed by atoms with Gasteiger partial charge in [0.25, 0.3) is 11.8 Å². The van der Waals surface area contributed by atoms with E-state index in [0.29, 0.717) is 48.5 Å². The Morgan fingerprint density at radius 1 is 1.16 bits per heavy atom. The fourth-order valence-corrected chi connectivity index (χ4v) is 4.75. The molecule has 1 aliphatic carbocycles. The number of carbonyl (C=O) groups excluding carboxylic acids is 2. The quantitative estimate of drug-likeness (QED) is 0.478. The van der Waals surface area contributed by atoms with Crippen molar-refractivity contribution in [3.63, 3.8) is 0 Å². The molecule has 2 heterocycles. The van der Waals surface area contributed by atoms with Crippen molar-refractivity contribution in [3.8, 4) is 18.1 Å². The first-order chi connectivity index (χ1) is 18.2. The molecule has 1 fully saturated rings. The summed E-state index contributed by atoms with van der Waals surface area (Å²) in [7, 11) is 1.48. The number of nitrogens with zero attached hydrogens (tertiary/aromatic N) is 3. The van der Waals surface area contributed by atoms with E-state index in [1.807, 2.05) is 12.1 Å². The highest BCUT2D eigenvalue weighted by molar-refractivity contribution is 6.13. The van der Waals surface area contributed by atoms with Crippen molar-refractivity contribution in [1.29, 1.82) is 0 Å². The molecular formula is C27H23F3N4O4. The molecule has 0 bridgehead atoms. The number of alkyl halides is 3. The van der Waals surface area contributed by atoms with Crippen LogP contribution in [0.25, 0.3) is 0 Å². The summed E-state index contributed by atoms with van der Waals surface area (Å²) in [4.78, 5) is 27.9. The standard InChI is InChI=1S/C27H23F3N4O4/c1-3-16-12-18(6-9-23(16)37-2)25(35)32-22-15-31-34-11-10-33(26(36)24(22)34)20-7-4-17(5-8-20)19-13-21(14-19)38-27(28,29)30/h1,4-9,12,15,19,21H,10-11,13-14H2,2H3,(H,32,35). The van der Waals surface area contributed by atoms with Crippen LogP contribution in [0, 0.1) is 12.3 Å². The minimum Gasteiger partial charge on any atom is -0.495 e. The highest BCUT2D eigenvalue weighted by Gasteiger charge is 2.40. The number of halogens is 3. The van der Waals surface area contributed by atoms with E-state index in [1.165, 1.54) is 19.4 Å². The molecule has 0 atom stereocenters. The number of benzene rings is 2. The molecule has 3 aromatic rings. The van der Waals surface area contributed by atoms with Crippen molar-refractivity contribution in [2.75, 3.05) is 23.9 Å². The molecular weight excluding hydrogens is 501 g/mol. The van der Waals surface area contributed by atoms with E-state index in [2.05, 4.69) is 21.1 Å². The lowest BCUT2D eigenvalue weighted by Gasteiger charge is -2.36. The molecule has 11 heteroatoms. The van der Waals surface area contributed by atoms with Crippen LogP contribution in [0.2, 0.25) is 0 Å². The Kier molecular flexibility index (Phi) is 6.59. The minimum absolute atomic E-state index is 0.0235. The van der Waals surface area contributed by atoms with Gasteiger partial charge >= 0.3 is 6.36 Å². The lowest BCUT2D eigenvalue weighted by atomic mass is 9.77. The number of hydrogen-bond donors (Lipinski definition) is 1. The van der Waals surface area contributed by atoms with Crippen molar-refractivity contribution in [3.05, 3.63) is 71.0 Å². The largest absolute Gasteiger partial charge is 0.522 e. The number of fused-ring (bicyclic) bond motifs is 1. The number of nitrogens with one attached hydrogen (secondary N) is 1. The van der Waals surface area contributed by atoms with Crippen LogP contribution >= 0.6 is 0 Å². The van der Waals surface area contributed by atoms with E-state index in [0.717, 1.165) is 5.56 Å². The Balaban J connectivity index is 1.28. The van der Waals surface area contributed by atoms with Crippen molar-refractivity contribution in [2.45, 2.75) is 37.8 Å². The monoisotopic (exact) mass is 524 g/mol. The number of methoxy groups -OCH3 is 1. The number of ether oxygens (including phenoxy) is 2. The van der Waals surface area contributed by atoms with Crippen LogP contribution in [0.3, 0.4) is 0 Å². The second kappa shape index (κ2) is 9.87. The van der Waals surface area contributed by atoms with Gasteiger partial charge in [0.1, 0.15) is 11.4 Å². The Bertz CT molecular complexity index is 1420. The van der Waals surface area contributed by atoms with Crippen molar-refractivity contribution in [1.82, 2.24) is 9.78 Å². The molecule has 196 valence electrons. The predicted molar refractivity (Wildman–Crippen MR) is 132 cm³/mol. The van der Waals surface area contributed by atoms with Gasteiger partial charge in [-0.2, -0.15) is 5.10 Å². The molecule has 5 rings (SSSR count). The van der Waals surface area contributed by atoms with E-state index < -0.39 is 18.4 Å². The maximum Gasteiger partial charge on any atom is 0.522 e. The van der Waals surface area contributed by atoms with Crippen molar-refractivity contribution >= 4 is 23.2 Å². The summed E-state index contributed by atoms with van der Waals surface area (Å²) in [6.07, 6.45) is 2.07. The molecule has 0 spiro atoms. The van der Waals surface area contributed by atoms with Gasteiger partial charge in [-0.25, -0.2) is 0 Å². The molecule has 8 nitrogen and oxygen atoms in total. The molecule has 38 heavy (non-hydrogen) atoms. The SMILES string of the molecule is C#Cc1cc(C(=O)Nc2cnn3c2C(=O)N(c2ccc(C4CC(OC(F)(F)F)C4)cc2)CC3)ccc1OC. The number of terminal acetylenes is 1. The van der Waals surface area contributed by atoms with Gasteiger partial charge in [-0.1, -0.05) is 18.1 Å². The minimum atomic E-state index is -4.63. The third-order valence-electron chi connectivity index (χ3n) is 6.76. The second-order valence-electron chi connectivity index (χ2n) is 9.05. The van der Waals surface area contributed by atoms with E-state index in [1.54, 1.807) is 33.8 Å². The van der Waals surface area contributed by atoms with Gasteiger partial charge in [0.15, 0.2) is 0 Å². The lowest BCUT2D eigenvalue weighted by Crippen LogP contribution is -2.41. The molecule has 1 saturated carbocycles. The molecule has 1 aromatic heterocycles. The average molecular weight is 524 g/mol. The predicted octanol–water partition coefficient (Wildman–Crippen LogP) is 4.57. The van der Waals surface area contributed by atoms with Crippen LogP contribution in [-0.2, 0) is 11.3 Å². The molecule has 0 unspecified atom stereocenters. The number of aromatic nitrogens is 2. The zero-order valence-corrected chi connectivity index (χ0v) is 20.3. The first-order valence-electron chi connectivity index (χ1n) is 11.8. The average Bonchev–Trinajstić information content (AvgIpc) is 3.28. The maximum atomic E-state index is 13.4. The number of carbonyl (C=O) groups is 2. The number of amides is 2. The maximum absolute atomic E-state index is 13.4. The number of hydrogen-bond acceptors (Lipinski definition) is 5. The summed E-state index contributed by atoms with van der Waals surface area (Å²) in [6.45, 7) is 0.788. The zero-order valence-electron chi connectivity index (χ0n) is 20.3. The first kappa shape index (κ1) is 25.4. The van der Waals surface area contributed by atoms with Crippen LogP contribution in [0.1, 0.15) is 50.7 Å². The summed E-state index contributed by atoms with van der Waals surface area (Å²) in [5, 5.41) is 6.99. The summed E-state index contributed by atoms with van der Waals surface area (Å²) in [5.41, 5.74) is 2.76. The number of anilines is 2. The summed E-state index contributed by atoms with van der Waals surface area (Å²) >= 11 is 0. The first-order valence-corrected chi connectivity index (χ1v) is 11.8. The van der Waals surface area contributed by atoms with Gasteiger partial charge in [0.2, 0.25) is 0 Å². The fraction of sp³-hybridized carbons (Fsp3) is 0.296. The summed E-state index contributed by atoms with van der Waals surface area (Å²) < 4.78 is 47.9. The number of rotatable bonds is 6. The summed E-state index contributed by atoms with van der Waals surface area (Å²) in [5.74, 6) is 2.13. The fourth-order valence-electron chi connectivity index (χ4n) is 4.75. The Morgan fingerprint density at radius 2 is 1.89 bits per heavy atom. The van der Waals surface area contributed by atoms with E-state index in [9.17, 15) is 22.8 Å². The lowest BCUT2D eigenvalue weighted by molar-refractivity contribution is -0.351. The molecule has 2 aliphatic rings. The topological polar surface area (TPSA) is 85.7 Å². The molecule has 1 N–H and O–H groups in total. The van der Waals surface area contributed by atoms with Crippen LogP contribution in [-0.4, -0.2) is 47.7 Å². The summed E-state index contributed by atoms with van der Waals surface area (Å²) in [6, 6.07) is 11.9. The van der Waals surface area contributed by atoms with Gasteiger partial charge in [-0.15, -0.1) is 19.6 Å². The van der Waals surface area contributed by atoms with Crippen molar-refractivity contribution < 1.29 is 32.2 Å². The van der Waals surface area contributed by atoms with E-state index in [4.69, 9.17) is 11.2 Å². The second-order valence-corrected chi connectivity index (χ2v) is 9.05. The van der Waals surface area contributed by atoms with Crippen LogP contribution in [0.15, 0.2) is 48.7 Å². The van der Waals surface area contributed by atoms with Gasteiger partial charge in [-0.05, 0) is 54.7 Å². The van der Waals surface area contributed by atoms with Crippen LogP contribution in [0.4, 0.5) is 24.5 Å². The highest BCUT2D eigenvalue weighted by Crippen LogP contribution is 2.41. The van der Waals surface area contributed by atoms with E-state index >= 15 is 0 Å². The molecule has 0 radical (unpaired) electrons. The zero-order chi connectivity index (χ0) is 27.0. The molecule has 0 saturated heterocycles. The van der Waals surface area contributed by atoms with Crippen LogP contribution in [0.5, 0.6) is 5.75 Å². The Hall–Kier alpha value is -4.30. The smallest absolute Gasteiger partial charge is 0.495 e. The molecule has 2 amide bonds. The van der Waals surface area contributed by atoms with Crippen molar-refractivity contribution in [2.24, 2.45) is 0 Å². The Labute approximate surface area is 216 Å². The normalized spacial score (nSPS) is 18.8. The van der Waals surface area contributed by atoms with Crippen LogP contribution < -0.4 is 15.0 Å². The van der Waals surface area contributed by atoms with E-state index in [-0.39, 0.29) is 23.2 Å². The van der Waals surface area contributed by atoms with Gasteiger partial charge in [-0.3, -0.25) is 19.0 Å². The van der Waals surface area contributed by atoms with Gasteiger partial charge in [0, 0.05) is 17.8 Å². The third-order valence-corrected chi connectivity index (χ3v) is 6.76. The third kappa shape index (κ3) is 4.95. The highest BCUT2D eigenvalue weighted by atomic mass is 19.4. The van der Waals surface area contributed by atoms with Gasteiger partial charge in [0.05, 0.1) is 37.2 Å². The molecule has 1 aliphatic heterocycles. The van der Waals surface area contributed by atoms with Gasteiger partial charge < -0.3 is 15.0 Å². The Morgan fingerprint density at radius 3 is 2.55 bits per heavy atom. The molecule has 2 aromatic carbocycles.